The molecule has 4 rings (SSSR count). The third-order valence-electron chi connectivity index (χ3n) is 5.05. The van der Waals surface area contributed by atoms with E-state index in [0.717, 1.165) is 16.6 Å². The van der Waals surface area contributed by atoms with Gasteiger partial charge in [0.1, 0.15) is 6.10 Å². The van der Waals surface area contributed by atoms with Crippen LogP contribution in [-0.4, -0.2) is 35.1 Å². The molecule has 4 heteroatoms. The number of carbonyl (C=O) groups excluding carboxylic acids is 1. The van der Waals surface area contributed by atoms with E-state index in [9.17, 15) is 4.79 Å². The summed E-state index contributed by atoms with van der Waals surface area (Å²) >= 11 is 0. The van der Waals surface area contributed by atoms with Crippen molar-refractivity contribution in [2.75, 3.05) is 19.7 Å². The van der Waals surface area contributed by atoms with Crippen LogP contribution in [0.5, 0.6) is 0 Å². The molecule has 26 heavy (non-hydrogen) atoms. The molecule has 1 atom stereocenters. The van der Waals surface area contributed by atoms with Crippen molar-refractivity contribution in [3.05, 3.63) is 71.9 Å². The molecule has 1 aliphatic rings. The summed E-state index contributed by atoms with van der Waals surface area (Å²) in [6.45, 7) is 6.09. The Labute approximate surface area is 154 Å². The van der Waals surface area contributed by atoms with Crippen LogP contribution in [0.3, 0.4) is 0 Å². The van der Waals surface area contributed by atoms with Gasteiger partial charge in [-0.1, -0.05) is 36.4 Å². The van der Waals surface area contributed by atoms with Crippen LogP contribution in [0.4, 0.5) is 0 Å². The third kappa shape index (κ3) is 3.13. The number of amides is 1. The molecule has 1 amide bonds. The van der Waals surface area contributed by atoms with E-state index in [1.54, 1.807) is 0 Å². The van der Waals surface area contributed by atoms with E-state index in [0.29, 0.717) is 25.7 Å². The highest BCUT2D eigenvalue weighted by Crippen LogP contribution is 2.25. The molecule has 0 unspecified atom stereocenters. The van der Waals surface area contributed by atoms with Crippen molar-refractivity contribution < 1.29 is 9.53 Å². The average molecular weight is 348 g/mol. The molecular formula is C22H24N2O2. The second kappa shape index (κ2) is 6.96. The normalized spacial score (nSPS) is 17.8. The van der Waals surface area contributed by atoms with Gasteiger partial charge in [-0.2, -0.15) is 0 Å². The van der Waals surface area contributed by atoms with Crippen molar-refractivity contribution >= 4 is 16.8 Å². The van der Waals surface area contributed by atoms with Crippen LogP contribution in [0.2, 0.25) is 0 Å². The van der Waals surface area contributed by atoms with Gasteiger partial charge in [0.25, 0.3) is 5.91 Å². The molecule has 0 saturated carbocycles. The first-order valence-corrected chi connectivity index (χ1v) is 9.20. The van der Waals surface area contributed by atoms with Gasteiger partial charge in [-0.05, 0) is 43.0 Å². The van der Waals surface area contributed by atoms with Crippen LogP contribution in [0.1, 0.15) is 41.9 Å². The predicted octanol–water partition coefficient (Wildman–Crippen LogP) is 4.44. The molecule has 0 aliphatic carbocycles. The van der Waals surface area contributed by atoms with Crippen molar-refractivity contribution in [2.45, 2.75) is 26.0 Å². The Hall–Kier alpha value is -2.59. The molecule has 2 aromatic carbocycles. The van der Waals surface area contributed by atoms with E-state index in [2.05, 4.69) is 42.8 Å². The van der Waals surface area contributed by atoms with Gasteiger partial charge in [0, 0.05) is 29.9 Å². The smallest absolute Gasteiger partial charge is 0.254 e. The summed E-state index contributed by atoms with van der Waals surface area (Å²) in [5, 5.41) is 1.17. The standard InChI is InChI=1S/C22H24N2O2/c1-16(2)24-11-10-17-8-9-19(14-20(17)24)22(25)23-12-13-26-21(15-23)18-6-4-3-5-7-18/h3-11,14,16,21H,12-13,15H2,1-2H3/t21-/m1/s1. The Morgan fingerprint density at radius 1 is 1.12 bits per heavy atom. The Bertz CT molecular complexity index is 914. The van der Waals surface area contributed by atoms with Gasteiger partial charge in [0.05, 0.1) is 13.2 Å². The minimum absolute atomic E-state index is 0.0582. The van der Waals surface area contributed by atoms with E-state index >= 15 is 0 Å². The van der Waals surface area contributed by atoms with E-state index < -0.39 is 0 Å². The zero-order valence-corrected chi connectivity index (χ0v) is 15.3. The lowest BCUT2D eigenvalue weighted by Crippen LogP contribution is -2.42. The average Bonchev–Trinajstić information content (AvgIpc) is 3.11. The second-order valence-corrected chi connectivity index (χ2v) is 7.11. The summed E-state index contributed by atoms with van der Waals surface area (Å²) in [6, 6.07) is 18.6. The Morgan fingerprint density at radius 2 is 1.92 bits per heavy atom. The van der Waals surface area contributed by atoms with Gasteiger partial charge in [0.2, 0.25) is 0 Å². The summed E-state index contributed by atoms with van der Waals surface area (Å²) in [5.74, 6) is 0.0765. The zero-order chi connectivity index (χ0) is 18.1. The van der Waals surface area contributed by atoms with Crippen molar-refractivity contribution in [3.8, 4) is 0 Å². The highest BCUT2D eigenvalue weighted by molar-refractivity contribution is 5.98. The number of hydrogen-bond acceptors (Lipinski definition) is 2. The van der Waals surface area contributed by atoms with Crippen LogP contribution in [-0.2, 0) is 4.74 Å². The largest absolute Gasteiger partial charge is 0.370 e. The lowest BCUT2D eigenvalue weighted by atomic mass is 10.1. The van der Waals surface area contributed by atoms with Crippen LogP contribution in [0.15, 0.2) is 60.8 Å². The van der Waals surface area contributed by atoms with Gasteiger partial charge in [-0.15, -0.1) is 0 Å². The fourth-order valence-corrected chi connectivity index (χ4v) is 3.62. The van der Waals surface area contributed by atoms with Gasteiger partial charge < -0.3 is 14.2 Å². The first-order chi connectivity index (χ1) is 12.6. The fraction of sp³-hybridized carbons (Fsp3) is 0.318. The third-order valence-corrected chi connectivity index (χ3v) is 5.05. The molecule has 2 heterocycles. The summed E-state index contributed by atoms with van der Waals surface area (Å²) < 4.78 is 8.10. The number of morpholine rings is 1. The quantitative estimate of drug-likeness (QED) is 0.701. The maximum absolute atomic E-state index is 13.1. The number of hydrogen-bond donors (Lipinski definition) is 0. The Kier molecular flexibility index (Phi) is 4.51. The molecule has 1 aliphatic heterocycles. The summed E-state index contributed by atoms with van der Waals surface area (Å²) in [7, 11) is 0. The molecule has 0 N–H and O–H groups in total. The first kappa shape index (κ1) is 16.9. The zero-order valence-electron chi connectivity index (χ0n) is 15.3. The molecule has 0 radical (unpaired) electrons. The monoisotopic (exact) mass is 348 g/mol. The molecule has 1 saturated heterocycles. The van der Waals surface area contributed by atoms with Crippen molar-refractivity contribution in [1.82, 2.24) is 9.47 Å². The topological polar surface area (TPSA) is 34.5 Å². The van der Waals surface area contributed by atoms with E-state index in [-0.39, 0.29) is 12.0 Å². The number of carbonyl (C=O) groups is 1. The van der Waals surface area contributed by atoms with Crippen molar-refractivity contribution in [1.29, 1.82) is 0 Å². The molecule has 0 spiro atoms. The first-order valence-electron chi connectivity index (χ1n) is 9.20. The van der Waals surface area contributed by atoms with Crippen LogP contribution >= 0.6 is 0 Å². The minimum atomic E-state index is -0.0582. The van der Waals surface area contributed by atoms with E-state index in [1.807, 2.05) is 41.3 Å². The lowest BCUT2D eigenvalue weighted by molar-refractivity contribution is -0.0228. The van der Waals surface area contributed by atoms with Gasteiger partial charge in [-0.3, -0.25) is 4.79 Å². The van der Waals surface area contributed by atoms with Crippen LogP contribution < -0.4 is 0 Å². The van der Waals surface area contributed by atoms with Gasteiger partial charge in [-0.25, -0.2) is 0 Å². The number of fused-ring (bicyclic) bond motifs is 1. The number of nitrogens with zero attached hydrogens (tertiary/aromatic N) is 2. The Balaban J connectivity index is 1.59. The molecule has 1 fully saturated rings. The number of ether oxygens (including phenoxy) is 1. The van der Waals surface area contributed by atoms with Crippen LogP contribution in [0, 0.1) is 0 Å². The van der Waals surface area contributed by atoms with Gasteiger partial charge in [0.15, 0.2) is 0 Å². The maximum Gasteiger partial charge on any atom is 0.254 e. The predicted molar refractivity (Wildman–Crippen MR) is 103 cm³/mol. The molecule has 134 valence electrons. The molecule has 1 aromatic heterocycles. The van der Waals surface area contributed by atoms with E-state index in [1.165, 1.54) is 5.39 Å². The molecular weight excluding hydrogens is 324 g/mol. The Morgan fingerprint density at radius 3 is 2.69 bits per heavy atom. The maximum atomic E-state index is 13.1. The SMILES string of the molecule is CC(C)n1ccc2ccc(C(=O)N3CCO[C@@H](c4ccccc4)C3)cc21. The van der Waals surface area contributed by atoms with Gasteiger partial charge >= 0.3 is 0 Å². The van der Waals surface area contributed by atoms with E-state index in [4.69, 9.17) is 4.74 Å². The molecule has 3 aromatic rings. The molecule has 4 nitrogen and oxygen atoms in total. The number of aromatic nitrogens is 1. The van der Waals surface area contributed by atoms with Crippen molar-refractivity contribution in [2.24, 2.45) is 0 Å². The summed E-state index contributed by atoms with van der Waals surface area (Å²) in [5.41, 5.74) is 2.97. The summed E-state index contributed by atoms with van der Waals surface area (Å²) in [6.07, 6.45) is 2.03. The highest BCUT2D eigenvalue weighted by atomic mass is 16.5. The fourth-order valence-electron chi connectivity index (χ4n) is 3.62. The number of benzene rings is 2. The number of rotatable bonds is 3. The van der Waals surface area contributed by atoms with Crippen LogP contribution in [0.25, 0.3) is 10.9 Å². The molecule has 0 bridgehead atoms. The van der Waals surface area contributed by atoms with Crippen molar-refractivity contribution in [3.63, 3.8) is 0 Å². The minimum Gasteiger partial charge on any atom is -0.370 e. The highest BCUT2D eigenvalue weighted by Gasteiger charge is 2.26. The summed E-state index contributed by atoms with van der Waals surface area (Å²) in [4.78, 5) is 15.0. The lowest BCUT2D eigenvalue weighted by Gasteiger charge is -2.33. The second-order valence-electron chi connectivity index (χ2n) is 7.11.